The summed E-state index contributed by atoms with van der Waals surface area (Å²) in [4.78, 5) is 34.3. The molecule has 2 aromatic rings. The molecule has 0 saturated heterocycles. The molecule has 1 aromatic heterocycles. The number of fused-ring (bicyclic) bond motifs is 1. The number of hydrogen-bond donors (Lipinski definition) is 5. The molecule has 1 aliphatic rings. The Bertz CT molecular complexity index is 1150. The summed E-state index contributed by atoms with van der Waals surface area (Å²) in [6, 6.07) is 8.60. The van der Waals surface area contributed by atoms with E-state index in [9.17, 15) is 29.8 Å². The van der Waals surface area contributed by atoms with Gasteiger partial charge >= 0.3 is 12.0 Å². The number of hydroxylamine groups is 2. The van der Waals surface area contributed by atoms with E-state index in [1.165, 1.54) is 0 Å². The lowest BCUT2D eigenvalue weighted by molar-refractivity contribution is -0.137. The zero-order chi connectivity index (χ0) is 30.4. The first kappa shape index (κ1) is 34.2. The van der Waals surface area contributed by atoms with Gasteiger partial charge in [-0.25, -0.2) is 4.79 Å². The van der Waals surface area contributed by atoms with Crippen molar-refractivity contribution in [3.05, 3.63) is 59.5 Å². The normalized spacial score (nSPS) is 20.3. The molecule has 2 amide bonds. The van der Waals surface area contributed by atoms with Gasteiger partial charge in [0.2, 0.25) is 0 Å². The van der Waals surface area contributed by atoms with Crippen LogP contribution >= 0.6 is 11.3 Å². The number of urea groups is 1. The van der Waals surface area contributed by atoms with E-state index in [2.05, 4.69) is 6.92 Å². The number of carboxylic acid groups (broad SMARTS) is 1. The van der Waals surface area contributed by atoms with Crippen LogP contribution in [0.1, 0.15) is 82.6 Å². The number of Topliss-reactive ketones (excluding diaryl/α,β-unsaturated/α-hetero) is 1. The number of carboxylic acids is 1. The number of aliphatic hydroxyl groups is 2. The van der Waals surface area contributed by atoms with Crippen LogP contribution in [0.25, 0.3) is 10.1 Å². The molecule has 6 N–H and O–H groups in total. The van der Waals surface area contributed by atoms with E-state index in [1.54, 1.807) is 30.4 Å². The van der Waals surface area contributed by atoms with Crippen molar-refractivity contribution >= 4 is 39.2 Å². The molecule has 1 heterocycles. The van der Waals surface area contributed by atoms with Crippen LogP contribution in [-0.2, 0) is 9.59 Å². The maximum atomic E-state index is 12.1. The van der Waals surface area contributed by atoms with Crippen molar-refractivity contribution in [2.75, 3.05) is 0 Å². The minimum absolute atomic E-state index is 0.0535. The van der Waals surface area contributed by atoms with Crippen LogP contribution in [0.2, 0.25) is 0 Å². The Hall–Kier alpha value is -3.05. The third kappa shape index (κ3) is 11.4. The number of nitrogens with zero attached hydrogens (tertiary/aromatic N) is 1. The molecule has 1 aliphatic carbocycles. The topological polar surface area (TPSA) is 161 Å². The van der Waals surface area contributed by atoms with Gasteiger partial charge in [0, 0.05) is 34.3 Å². The number of carbonyl (C=O) groups is 3. The largest absolute Gasteiger partial charge is 0.481 e. The highest BCUT2D eigenvalue weighted by molar-refractivity contribution is 7.19. The number of unbranched alkanes of at least 4 members (excludes halogenated alkanes) is 3. The van der Waals surface area contributed by atoms with Crippen LogP contribution < -0.4 is 5.73 Å². The molecular formula is C31H44N2O7S. The number of aliphatic hydroxyl groups excluding tert-OH is 2. The lowest BCUT2D eigenvalue weighted by Gasteiger charge is -2.18. The Labute approximate surface area is 245 Å². The summed E-state index contributed by atoms with van der Waals surface area (Å²) < 4.78 is 1.13. The molecule has 3 rings (SSSR count). The highest BCUT2D eigenvalue weighted by atomic mass is 32.1. The van der Waals surface area contributed by atoms with Gasteiger partial charge in [-0.1, -0.05) is 68.7 Å². The number of ketones is 1. The van der Waals surface area contributed by atoms with E-state index in [4.69, 9.17) is 10.8 Å². The molecule has 1 saturated carbocycles. The number of primary amides is 1. The number of rotatable bonds is 14. The molecule has 0 radical (unpaired) electrons. The molecule has 0 bridgehead atoms. The first-order valence-electron chi connectivity index (χ1n) is 14.2. The van der Waals surface area contributed by atoms with E-state index in [0.29, 0.717) is 30.7 Å². The van der Waals surface area contributed by atoms with Gasteiger partial charge in [-0.15, -0.1) is 11.3 Å². The number of nitrogens with two attached hydrogens (primary N) is 1. The van der Waals surface area contributed by atoms with Gasteiger partial charge in [0.15, 0.2) is 0 Å². The fourth-order valence-electron chi connectivity index (χ4n) is 4.74. The van der Waals surface area contributed by atoms with E-state index in [-0.39, 0.29) is 30.5 Å². The lowest BCUT2D eigenvalue weighted by atomic mass is 9.90. The number of amides is 2. The molecule has 41 heavy (non-hydrogen) atoms. The van der Waals surface area contributed by atoms with Crippen LogP contribution in [0.3, 0.4) is 0 Å². The minimum atomic E-state index is -0.843. The monoisotopic (exact) mass is 588 g/mol. The third-order valence-corrected chi connectivity index (χ3v) is 8.45. The fraction of sp³-hybridized carbons (Fsp3) is 0.516. The van der Waals surface area contributed by atoms with Crippen molar-refractivity contribution < 1.29 is 34.9 Å². The number of hydrogen-bond acceptors (Lipinski definition) is 7. The summed E-state index contributed by atoms with van der Waals surface area (Å²) in [5.74, 6) is -1.26. The van der Waals surface area contributed by atoms with Crippen LogP contribution in [0, 0.1) is 11.8 Å². The number of allylic oxidation sites excluding steroid dienone is 2. The van der Waals surface area contributed by atoms with Crippen molar-refractivity contribution in [1.82, 2.24) is 5.06 Å². The Balaban J connectivity index is 0.000000314. The quantitative estimate of drug-likeness (QED) is 0.0784. The SMILES string of the molecule is CC(c1cc2ccccc2s1)N(O)C(N)=O.CCCCC[C@H](O)/C=C/[C@H]1[C@H](O)CC(=O)[C@@H]1C/C=C\CCCC(=O)O. The summed E-state index contributed by atoms with van der Waals surface area (Å²) in [5.41, 5.74) is 5.01. The predicted octanol–water partition coefficient (Wildman–Crippen LogP) is 5.98. The Kier molecular flexibility index (Phi) is 14.7. The molecule has 10 heteroatoms. The van der Waals surface area contributed by atoms with Gasteiger partial charge in [-0.3, -0.25) is 14.8 Å². The molecule has 5 atom stereocenters. The first-order valence-corrected chi connectivity index (χ1v) is 15.1. The Morgan fingerprint density at radius 1 is 1.20 bits per heavy atom. The smallest absolute Gasteiger partial charge is 0.339 e. The molecule has 1 unspecified atom stereocenters. The molecule has 1 aromatic carbocycles. The molecule has 226 valence electrons. The molecule has 0 aliphatic heterocycles. The number of carbonyl (C=O) groups excluding carboxylic acids is 2. The van der Waals surface area contributed by atoms with E-state index < -0.39 is 30.3 Å². The second-order valence-electron chi connectivity index (χ2n) is 10.4. The maximum Gasteiger partial charge on any atom is 0.339 e. The van der Waals surface area contributed by atoms with Gasteiger partial charge in [0.25, 0.3) is 0 Å². The summed E-state index contributed by atoms with van der Waals surface area (Å²) >= 11 is 1.54. The zero-order valence-corrected chi connectivity index (χ0v) is 24.7. The van der Waals surface area contributed by atoms with Crippen LogP contribution in [0.5, 0.6) is 0 Å². The maximum absolute atomic E-state index is 12.1. The second kappa shape index (κ2) is 17.7. The average Bonchev–Trinajstić information content (AvgIpc) is 3.48. The number of thiophene rings is 1. The predicted molar refractivity (Wildman–Crippen MR) is 161 cm³/mol. The second-order valence-corrected chi connectivity index (χ2v) is 11.5. The summed E-state index contributed by atoms with van der Waals surface area (Å²) in [7, 11) is 0. The van der Waals surface area contributed by atoms with Crippen molar-refractivity contribution in [3.63, 3.8) is 0 Å². The standard InChI is InChI=1S/C20H32O5.C11H12N2O2S/c1-2-3-6-9-15(21)12-13-17-16(18(22)14-19(17)23)10-7-4-5-8-11-20(24)25;1-7(13(15)11(12)14)10-6-8-4-2-3-5-9(8)16-10/h4,7,12-13,15-17,19,21,23H,2-3,5-6,8-11,14H2,1H3,(H,24,25);2-7,15H,1H3,(H2,12,14)/b7-4-,13-12+;/t15-,16+,17+,19+;/m0./s1. The van der Waals surface area contributed by atoms with Crippen LogP contribution in [-0.4, -0.2) is 55.6 Å². The minimum Gasteiger partial charge on any atom is -0.481 e. The van der Waals surface area contributed by atoms with E-state index >= 15 is 0 Å². The van der Waals surface area contributed by atoms with Gasteiger partial charge in [0.1, 0.15) is 5.78 Å². The van der Waals surface area contributed by atoms with Gasteiger partial charge < -0.3 is 21.1 Å². The van der Waals surface area contributed by atoms with Gasteiger partial charge in [-0.2, -0.15) is 5.06 Å². The first-order chi connectivity index (χ1) is 19.5. The number of benzene rings is 1. The van der Waals surface area contributed by atoms with Crippen LogP contribution in [0.15, 0.2) is 54.6 Å². The van der Waals surface area contributed by atoms with Crippen molar-refractivity contribution in [2.45, 2.75) is 89.9 Å². The lowest BCUT2D eigenvalue weighted by Crippen LogP contribution is -2.34. The molecular weight excluding hydrogens is 544 g/mol. The van der Waals surface area contributed by atoms with Crippen molar-refractivity contribution in [2.24, 2.45) is 17.6 Å². The van der Waals surface area contributed by atoms with Gasteiger partial charge in [0.05, 0.1) is 18.2 Å². The highest BCUT2D eigenvalue weighted by Crippen LogP contribution is 2.34. The zero-order valence-electron chi connectivity index (χ0n) is 23.9. The van der Waals surface area contributed by atoms with E-state index in [0.717, 1.165) is 34.2 Å². The summed E-state index contributed by atoms with van der Waals surface area (Å²) in [6.45, 7) is 3.85. The van der Waals surface area contributed by atoms with Crippen molar-refractivity contribution in [3.8, 4) is 0 Å². The van der Waals surface area contributed by atoms with Crippen molar-refractivity contribution in [1.29, 1.82) is 0 Å². The van der Waals surface area contributed by atoms with Crippen LogP contribution in [0.4, 0.5) is 4.79 Å². The van der Waals surface area contributed by atoms with E-state index in [1.807, 2.05) is 42.5 Å². The molecule has 0 spiro atoms. The summed E-state index contributed by atoms with van der Waals surface area (Å²) in [5, 5.41) is 39.8. The third-order valence-electron chi connectivity index (χ3n) is 7.16. The summed E-state index contributed by atoms with van der Waals surface area (Å²) in [6.07, 6.45) is 12.1. The van der Waals surface area contributed by atoms with Gasteiger partial charge in [-0.05, 0) is 50.1 Å². The molecule has 9 nitrogen and oxygen atoms in total. The fourth-order valence-corrected chi connectivity index (χ4v) is 5.84. The number of aliphatic carboxylic acids is 1. The Morgan fingerprint density at radius 3 is 2.59 bits per heavy atom. The average molecular weight is 589 g/mol. The molecule has 1 fully saturated rings. The Morgan fingerprint density at radius 2 is 1.93 bits per heavy atom. The highest BCUT2D eigenvalue weighted by Gasteiger charge is 2.39.